The van der Waals surface area contributed by atoms with Crippen molar-refractivity contribution in [1.29, 1.82) is 0 Å². The summed E-state index contributed by atoms with van der Waals surface area (Å²) in [7, 11) is 0. The number of nitrogen functional groups attached to an aromatic ring is 1. The van der Waals surface area contributed by atoms with Gasteiger partial charge < -0.3 is 15.8 Å². The van der Waals surface area contributed by atoms with Gasteiger partial charge in [-0.15, -0.1) is 0 Å². The Balaban J connectivity index is 2.06. The number of nitrogens with one attached hydrogen (secondary N) is 1. The highest BCUT2D eigenvalue weighted by molar-refractivity contribution is 5.73. The smallest absolute Gasteiger partial charge is 0.144 e. The average molecular weight is 276 g/mol. The van der Waals surface area contributed by atoms with E-state index in [-0.39, 0.29) is 0 Å². The van der Waals surface area contributed by atoms with E-state index < -0.39 is 0 Å². The van der Waals surface area contributed by atoms with Gasteiger partial charge in [0.1, 0.15) is 5.75 Å². The van der Waals surface area contributed by atoms with E-state index in [4.69, 9.17) is 10.5 Å². The van der Waals surface area contributed by atoms with Crippen LogP contribution in [0.2, 0.25) is 0 Å². The Morgan fingerprint density at radius 2 is 2.10 bits per heavy atom. The van der Waals surface area contributed by atoms with Crippen LogP contribution in [0.15, 0.2) is 18.2 Å². The number of nitrogens with two attached hydrogens (primary N) is 1. The van der Waals surface area contributed by atoms with Crippen molar-refractivity contribution in [2.24, 2.45) is 11.8 Å². The van der Waals surface area contributed by atoms with Gasteiger partial charge in [0.05, 0.1) is 18.0 Å². The van der Waals surface area contributed by atoms with Gasteiger partial charge in [0, 0.05) is 6.04 Å². The highest BCUT2D eigenvalue weighted by atomic mass is 16.5. The second kappa shape index (κ2) is 6.87. The van der Waals surface area contributed by atoms with Gasteiger partial charge in [0.15, 0.2) is 0 Å². The minimum Gasteiger partial charge on any atom is -0.491 e. The molecule has 0 bridgehead atoms. The average Bonchev–Trinajstić information content (AvgIpc) is 2.80. The zero-order chi connectivity index (χ0) is 14.5. The molecule has 0 saturated heterocycles. The highest BCUT2D eigenvalue weighted by Gasteiger charge is 2.31. The standard InChI is InChI=1S/C17H28N2O/c1-4-11-20-16-8-6-7-15(17(16)18)19-14-10-9-13(5-2)12(14)3/h6-8,12-14,19H,4-5,9-11,18H2,1-3H3. The summed E-state index contributed by atoms with van der Waals surface area (Å²) < 4.78 is 5.70. The first-order valence-electron chi connectivity index (χ1n) is 7.95. The van der Waals surface area contributed by atoms with Crippen LogP contribution < -0.4 is 15.8 Å². The molecule has 3 N–H and O–H groups in total. The SMILES string of the molecule is CCCOc1cccc(NC2CCC(CC)C2C)c1N. The van der Waals surface area contributed by atoms with Gasteiger partial charge in [-0.05, 0) is 43.2 Å². The Hall–Kier alpha value is -1.38. The second-order valence-electron chi connectivity index (χ2n) is 5.92. The van der Waals surface area contributed by atoms with E-state index in [9.17, 15) is 0 Å². The Morgan fingerprint density at radius 3 is 2.75 bits per heavy atom. The Labute approximate surface area is 122 Å². The fraction of sp³-hybridized carbons (Fsp3) is 0.647. The van der Waals surface area contributed by atoms with Crippen molar-refractivity contribution in [1.82, 2.24) is 0 Å². The van der Waals surface area contributed by atoms with Gasteiger partial charge in [-0.2, -0.15) is 0 Å². The molecule has 1 fully saturated rings. The zero-order valence-corrected chi connectivity index (χ0v) is 13.0. The van der Waals surface area contributed by atoms with Gasteiger partial charge in [-0.3, -0.25) is 0 Å². The molecule has 1 aliphatic carbocycles. The minimum absolute atomic E-state index is 0.531. The molecule has 1 saturated carbocycles. The molecule has 20 heavy (non-hydrogen) atoms. The first-order chi connectivity index (χ1) is 9.67. The van der Waals surface area contributed by atoms with Crippen LogP contribution in [-0.2, 0) is 0 Å². The van der Waals surface area contributed by atoms with Crippen LogP contribution in [0.3, 0.4) is 0 Å². The van der Waals surface area contributed by atoms with Crippen molar-refractivity contribution in [2.75, 3.05) is 17.7 Å². The molecule has 0 radical (unpaired) electrons. The molecule has 3 nitrogen and oxygen atoms in total. The van der Waals surface area contributed by atoms with Gasteiger partial charge in [-0.25, -0.2) is 0 Å². The van der Waals surface area contributed by atoms with E-state index in [2.05, 4.69) is 32.2 Å². The van der Waals surface area contributed by atoms with Gasteiger partial charge in [0.25, 0.3) is 0 Å². The van der Waals surface area contributed by atoms with Crippen LogP contribution in [0, 0.1) is 11.8 Å². The van der Waals surface area contributed by atoms with E-state index in [0.717, 1.165) is 29.5 Å². The summed E-state index contributed by atoms with van der Waals surface area (Å²) in [4.78, 5) is 0. The van der Waals surface area contributed by atoms with Crippen molar-refractivity contribution in [3.05, 3.63) is 18.2 Å². The summed E-state index contributed by atoms with van der Waals surface area (Å²) in [5, 5.41) is 3.64. The number of benzene rings is 1. The lowest BCUT2D eigenvalue weighted by molar-refractivity contribution is 0.319. The normalized spacial score (nSPS) is 25.6. The number of para-hydroxylation sites is 1. The second-order valence-corrected chi connectivity index (χ2v) is 5.92. The fourth-order valence-corrected chi connectivity index (χ4v) is 3.23. The largest absolute Gasteiger partial charge is 0.491 e. The van der Waals surface area contributed by atoms with Crippen LogP contribution in [0.4, 0.5) is 11.4 Å². The lowest BCUT2D eigenvalue weighted by Crippen LogP contribution is -2.25. The molecule has 3 atom stereocenters. The lowest BCUT2D eigenvalue weighted by atomic mass is 9.93. The maximum atomic E-state index is 6.23. The van der Waals surface area contributed by atoms with Crippen molar-refractivity contribution in [2.45, 2.75) is 52.5 Å². The molecule has 0 aromatic heterocycles. The van der Waals surface area contributed by atoms with Crippen molar-refractivity contribution in [3.8, 4) is 5.75 Å². The van der Waals surface area contributed by atoms with Crippen LogP contribution in [0.5, 0.6) is 5.75 Å². The van der Waals surface area contributed by atoms with E-state index in [0.29, 0.717) is 18.6 Å². The monoisotopic (exact) mass is 276 g/mol. The quantitative estimate of drug-likeness (QED) is 0.762. The predicted octanol–water partition coefficient (Wildman–Crippen LogP) is 4.29. The zero-order valence-electron chi connectivity index (χ0n) is 13.0. The van der Waals surface area contributed by atoms with Gasteiger partial charge >= 0.3 is 0 Å². The van der Waals surface area contributed by atoms with E-state index in [1.165, 1.54) is 19.3 Å². The topological polar surface area (TPSA) is 47.3 Å². The van der Waals surface area contributed by atoms with Crippen molar-refractivity contribution >= 4 is 11.4 Å². The molecule has 3 heteroatoms. The number of hydrogen-bond acceptors (Lipinski definition) is 3. The first-order valence-corrected chi connectivity index (χ1v) is 7.95. The maximum absolute atomic E-state index is 6.23. The van der Waals surface area contributed by atoms with Crippen LogP contribution in [0.1, 0.15) is 46.5 Å². The molecular formula is C17H28N2O. The van der Waals surface area contributed by atoms with Gasteiger partial charge in [-0.1, -0.05) is 33.3 Å². The Bertz CT molecular complexity index is 433. The highest BCUT2D eigenvalue weighted by Crippen LogP contribution is 2.38. The molecule has 0 heterocycles. The lowest BCUT2D eigenvalue weighted by Gasteiger charge is -2.23. The third-order valence-electron chi connectivity index (χ3n) is 4.62. The molecular weight excluding hydrogens is 248 g/mol. The number of ether oxygens (including phenoxy) is 1. The molecule has 2 rings (SSSR count). The molecule has 0 aliphatic heterocycles. The molecule has 3 unspecified atom stereocenters. The molecule has 0 spiro atoms. The summed E-state index contributed by atoms with van der Waals surface area (Å²) in [5.41, 5.74) is 7.99. The predicted molar refractivity (Wildman–Crippen MR) is 86.2 cm³/mol. The van der Waals surface area contributed by atoms with E-state index >= 15 is 0 Å². The summed E-state index contributed by atoms with van der Waals surface area (Å²) in [6, 6.07) is 6.55. The summed E-state index contributed by atoms with van der Waals surface area (Å²) in [6.07, 6.45) is 4.82. The summed E-state index contributed by atoms with van der Waals surface area (Å²) in [5.74, 6) is 2.35. The number of hydrogen-bond donors (Lipinski definition) is 2. The molecule has 112 valence electrons. The van der Waals surface area contributed by atoms with Crippen LogP contribution >= 0.6 is 0 Å². The Kier molecular flexibility index (Phi) is 5.16. The summed E-state index contributed by atoms with van der Waals surface area (Å²) >= 11 is 0. The molecule has 1 aliphatic rings. The van der Waals surface area contributed by atoms with Crippen LogP contribution in [-0.4, -0.2) is 12.6 Å². The molecule has 0 amide bonds. The third kappa shape index (κ3) is 3.20. The molecule has 1 aromatic carbocycles. The van der Waals surface area contributed by atoms with E-state index in [1.807, 2.05) is 12.1 Å². The molecule has 1 aromatic rings. The van der Waals surface area contributed by atoms with Crippen LogP contribution in [0.25, 0.3) is 0 Å². The number of anilines is 2. The minimum atomic E-state index is 0.531. The third-order valence-corrected chi connectivity index (χ3v) is 4.62. The van der Waals surface area contributed by atoms with E-state index in [1.54, 1.807) is 0 Å². The van der Waals surface area contributed by atoms with Gasteiger partial charge in [0.2, 0.25) is 0 Å². The van der Waals surface area contributed by atoms with Crippen molar-refractivity contribution < 1.29 is 4.74 Å². The maximum Gasteiger partial charge on any atom is 0.144 e. The Morgan fingerprint density at radius 1 is 1.30 bits per heavy atom. The van der Waals surface area contributed by atoms with Crippen molar-refractivity contribution in [3.63, 3.8) is 0 Å². The summed E-state index contributed by atoms with van der Waals surface area (Å²) in [6.45, 7) is 7.46. The fourth-order valence-electron chi connectivity index (χ4n) is 3.23. The first kappa shape index (κ1) is 15.0. The number of rotatable bonds is 6.